The molecule has 0 unspecified atom stereocenters. The van der Waals surface area contributed by atoms with Gasteiger partial charge in [0.2, 0.25) is 0 Å². The molecule has 0 aliphatic heterocycles. The Labute approximate surface area is 95.3 Å². The number of nitrogens with one attached hydrogen (secondary N) is 1. The highest BCUT2D eigenvalue weighted by Gasteiger charge is 2.20. The first-order valence-electron chi connectivity index (χ1n) is 5.75. The van der Waals surface area contributed by atoms with E-state index in [4.69, 9.17) is 5.73 Å². The predicted molar refractivity (Wildman–Crippen MR) is 62.9 cm³/mol. The third-order valence-corrected chi connectivity index (χ3v) is 2.79. The molecule has 1 aliphatic rings. The van der Waals surface area contributed by atoms with Gasteiger partial charge in [-0.3, -0.25) is 4.79 Å². The second-order valence-corrected chi connectivity index (χ2v) is 4.32. The van der Waals surface area contributed by atoms with Crippen LogP contribution in [0.3, 0.4) is 0 Å². The molecule has 1 aliphatic carbocycles. The van der Waals surface area contributed by atoms with Gasteiger partial charge in [0.15, 0.2) is 0 Å². The van der Waals surface area contributed by atoms with E-state index in [1.165, 1.54) is 25.5 Å². The molecule has 1 amide bonds. The van der Waals surface area contributed by atoms with Crippen molar-refractivity contribution in [1.29, 1.82) is 0 Å². The highest BCUT2D eigenvalue weighted by atomic mass is 16.1. The summed E-state index contributed by atoms with van der Waals surface area (Å²) in [6, 6.07) is 3.33. The minimum atomic E-state index is -0.115. The molecule has 3 N–H and O–H groups in total. The number of amides is 1. The van der Waals surface area contributed by atoms with Crippen LogP contribution in [-0.2, 0) is 0 Å². The third-order valence-electron chi connectivity index (χ3n) is 2.79. The predicted octanol–water partition coefficient (Wildman–Crippen LogP) is 1.58. The van der Waals surface area contributed by atoms with Crippen molar-refractivity contribution in [2.75, 3.05) is 12.3 Å². The lowest BCUT2D eigenvalue weighted by Gasteiger charge is -2.04. The number of nitrogens with zero attached hydrogens (tertiary/aromatic N) is 1. The number of carbonyl (C=O) groups excluding carboxylic acids is 1. The maximum Gasteiger partial charge on any atom is 0.269 e. The highest BCUT2D eigenvalue weighted by molar-refractivity contribution is 5.92. The first-order chi connectivity index (χ1) is 7.75. The summed E-state index contributed by atoms with van der Waals surface area (Å²) < 4.78 is 0. The number of nitrogen functional groups attached to an aromatic ring is 1. The quantitative estimate of drug-likeness (QED) is 0.739. The lowest BCUT2D eigenvalue weighted by molar-refractivity contribution is 0.0948. The lowest BCUT2D eigenvalue weighted by Crippen LogP contribution is -2.25. The van der Waals surface area contributed by atoms with Gasteiger partial charge in [-0.15, -0.1) is 0 Å². The van der Waals surface area contributed by atoms with Crippen LogP contribution in [0.25, 0.3) is 0 Å². The minimum Gasteiger partial charge on any atom is -0.397 e. The molecule has 0 saturated heterocycles. The Bertz CT molecular complexity index is 357. The zero-order valence-electron chi connectivity index (χ0n) is 9.28. The van der Waals surface area contributed by atoms with Crippen molar-refractivity contribution in [3.05, 3.63) is 24.0 Å². The molecule has 4 nitrogen and oxygen atoms in total. The van der Waals surface area contributed by atoms with E-state index in [1.54, 1.807) is 12.1 Å². The van der Waals surface area contributed by atoms with Gasteiger partial charge >= 0.3 is 0 Å². The Morgan fingerprint density at radius 1 is 1.50 bits per heavy atom. The van der Waals surface area contributed by atoms with Gasteiger partial charge in [-0.2, -0.15) is 0 Å². The summed E-state index contributed by atoms with van der Waals surface area (Å²) in [4.78, 5) is 15.6. The van der Waals surface area contributed by atoms with Crippen LogP contribution in [-0.4, -0.2) is 17.4 Å². The Hall–Kier alpha value is -1.58. The van der Waals surface area contributed by atoms with Crippen molar-refractivity contribution in [3.63, 3.8) is 0 Å². The summed E-state index contributed by atoms with van der Waals surface area (Å²) in [6.07, 6.45) is 6.53. The van der Waals surface area contributed by atoms with Crippen LogP contribution in [0.15, 0.2) is 18.3 Å². The molecule has 1 aromatic rings. The maximum absolute atomic E-state index is 11.6. The van der Waals surface area contributed by atoms with E-state index in [9.17, 15) is 4.79 Å². The Morgan fingerprint density at radius 2 is 2.31 bits per heavy atom. The van der Waals surface area contributed by atoms with Crippen molar-refractivity contribution in [2.45, 2.75) is 25.7 Å². The van der Waals surface area contributed by atoms with E-state index in [0.29, 0.717) is 11.4 Å². The zero-order chi connectivity index (χ0) is 11.4. The molecule has 86 valence electrons. The van der Waals surface area contributed by atoms with Crippen molar-refractivity contribution in [1.82, 2.24) is 10.3 Å². The molecule has 1 fully saturated rings. The number of pyridine rings is 1. The standard InChI is InChI=1S/C12H17N3O/c13-10-5-6-11(15-8-10)12(16)14-7-1-2-9-3-4-9/h5-6,8-9H,1-4,7,13H2,(H,14,16). The van der Waals surface area contributed by atoms with Crippen molar-refractivity contribution < 1.29 is 4.79 Å². The molecule has 16 heavy (non-hydrogen) atoms. The summed E-state index contributed by atoms with van der Waals surface area (Å²) in [5.41, 5.74) is 6.50. The summed E-state index contributed by atoms with van der Waals surface area (Å²) in [7, 11) is 0. The van der Waals surface area contributed by atoms with Crippen LogP contribution >= 0.6 is 0 Å². The lowest BCUT2D eigenvalue weighted by atomic mass is 10.2. The fraction of sp³-hybridized carbons (Fsp3) is 0.500. The van der Waals surface area contributed by atoms with Crippen LogP contribution in [0.1, 0.15) is 36.2 Å². The summed E-state index contributed by atoms with van der Waals surface area (Å²) in [6.45, 7) is 0.737. The molecular weight excluding hydrogens is 202 g/mol. The van der Waals surface area contributed by atoms with Crippen LogP contribution in [0.4, 0.5) is 5.69 Å². The van der Waals surface area contributed by atoms with Gasteiger partial charge < -0.3 is 11.1 Å². The average Bonchev–Trinajstić information content (AvgIpc) is 3.09. The molecule has 1 heterocycles. The molecule has 4 heteroatoms. The Kier molecular flexibility index (Phi) is 3.39. The third kappa shape index (κ3) is 3.22. The van der Waals surface area contributed by atoms with Crippen molar-refractivity contribution in [3.8, 4) is 0 Å². The average molecular weight is 219 g/mol. The highest BCUT2D eigenvalue weighted by Crippen LogP contribution is 2.33. The molecule has 1 aromatic heterocycles. The van der Waals surface area contributed by atoms with E-state index < -0.39 is 0 Å². The SMILES string of the molecule is Nc1ccc(C(=O)NCCCC2CC2)nc1. The fourth-order valence-electron chi connectivity index (χ4n) is 1.63. The number of hydrogen-bond donors (Lipinski definition) is 2. The molecule has 0 radical (unpaired) electrons. The van der Waals surface area contributed by atoms with Gasteiger partial charge in [-0.1, -0.05) is 12.8 Å². The second kappa shape index (κ2) is 4.96. The number of anilines is 1. The molecule has 0 atom stereocenters. The summed E-state index contributed by atoms with van der Waals surface area (Å²) in [5.74, 6) is 0.808. The van der Waals surface area contributed by atoms with Gasteiger partial charge in [0, 0.05) is 6.54 Å². The van der Waals surface area contributed by atoms with Crippen LogP contribution in [0, 0.1) is 5.92 Å². The number of carbonyl (C=O) groups is 1. The number of nitrogens with two attached hydrogens (primary N) is 1. The van der Waals surface area contributed by atoms with Crippen molar-refractivity contribution in [2.24, 2.45) is 5.92 Å². The Balaban J connectivity index is 1.71. The van der Waals surface area contributed by atoms with E-state index in [1.807, 2.05) is 0 Å². The van der Waals surface area contributed by atoms with Gasteiger partial charge in [0.1, 0.15) is 5.69 Å². The first-order valence-corrected chi connectivity index (χ1v) is 5.75. The zero-order valence-corrected chi connectivity index (χ0v) is 9.28. The molecule has 0 aromatic carbocycles. The first kappa shape index (κ1) is 10.9. The van der Waals surface area contributed by atoms with Crippen LogP contribution < -0.4 is 11.1 Å². The number of aromatic nitrogens is 1. The molecule has 0 bridgehead atoms. The molecular formula is C12H17N3O. The van der Waals surface area contributed by atoms with Gasteiger partial charge in [-0.05, 0) is 30.9 Å². The van der Waals surface area contributed by atoms with Crippen LogP contribution in [0.2, 0.25) is 0 Å². The molecule has 0 spiro atoms. The van der Waals surface area contributed by atoms with Crippen LogP contribution in [0.5, 0.6) is 0 Å². The summed E-state index contributed by atoms with van der Waals surface area (Å²) >= 11 is 0. The monoisotopic (exact) mass is 219 g/mol. The summed E-state index contributed by atoms with van der Waals surface area (Å²) in [5, 5.41) is 2.86. The van der Waals surface area contributed by atoms with Gasteiger partial charge in [0.05, 0.1) is 11.9 Å². The van der Waals surface area contributed by atoms with E-state index in [2.05, 4.69) is 10.3 Å². The number of rotatable bonds is 5. The maximum atomic E-state index is 11.6. The van der Waals surface area contributed by atoms with Gasteiger partial charge in [-0.25, -0.2) is 4.98 Å². The topological polar surface area (TPSA) is 68.0 Å². The minimum absolute atomic E-state index is 0.115. The van der Waals surface area contributed by atoms with Gasteiger partial charge in [0.25, 0.3) is 5.91 Å². The Morgan fingerprint density at radius 3 is 2.94 bits per heavy atom. The smallest absolute Gasteiger partial charge is 0.269 e. The van der Waals surface area contributed by atoms with E-state index >= 15 is 0 Å². The fourth-order valence-corrected chi connectivity index (χ4v) is 1.63. The van der Waals surface area contributed by atoms with E-state index in [-0.39, 0.29) is 5.91 Å². The molecule has 1 saturated carbocycles. The number of hydrogen-bond acceptors (Lipinski definition) is 3. The second-order valence-electron chi connectivity index (χ2n) is 4.32. The van der Waals surface area contributed by atoms with Crippen molar-refractivity contribution >= 4 is 11.6 Å². The normalized spacial score (nSPS) is 14.8. The molecule has 2 rings (SSSR count). The van der Waals surface area contributed by atoms with E-state index in [0.717, 1.165) is 18.9 Å². The largest absolute Gasteiger partial charge is 0.397 e.